The molecule has 7 nitrogen and oxygen atoms in total. The molecule has 0 amide bonds. The molecule has 1 aliphatic heterocycles. The molecule has 1 fully saturated rings. The summed E-state index contributed by atoms with van der Waals surface area (Å²) in [5.41, 5.74) is 0.279. The van der Waals surface area contributed by atoms with Crippen molar-refractivity contribution in [3.63, 3.8) is 0 Å². The largest absolute Gasteiger partial charge is 0.366 e. The highest BCUT2D eigenvalue weighted by molar-refractivity contribution is 7.89. The summed E-state index contributed by atoms with van der Waals surface area (Å²) in [7, 11) is -1.49. The Morgan fingerprint density at radius 2 is 1.89 bits per heavy atom. The van der Waals surface area contributed by atoms with Gasteiger partial charge in [0.25, 0.3) is 0 Å². The smallest absolute Gasteiger partial charge is 0.211 e. The van der Waals surface area contributed by atoms with Gasteiger partial charge in [-0.25, -0.2) is 21.9 Å². The minimum Gasteiger partial charge on any atom is -0.366 e. The van der Waals surface area contributed by atoms with Gasteiger partial charge in [0.15, 0.2) is 5.96 Å². The van der Waals surface area contributed by atoms with E-state index >= 15 is 0 Å². The molecule has 0 spiro atoms. The summed E-state index contributed by atoms with van der Waals surface area (Å²) in [6.45, 7) is 4.90. The minimum atomic E-state index is -3.17. The van der Waals surface area contributed by atoms with E-state index in [2.05, 4.69) is 15.0 Å². The van der Waals surface area contributed by atoms with Crippen molar-refractivity contribution in [2.45, 2.75) is 13.3 Å². The lowest BCUT2D eigenvalue weighted by Crippen LogP contribution is -2.53. The molecule has 2 N–H and O–H groups in total. The van der Waals surface area contributed by atoms with E-state index in [4.69, 9.17) is 0 Å². The number of aliphatic imine (C=N–C) groups is 1. The summed E-state index contributed by atoms with van der Waals surface area (Å²) in [4.78, 5) is 8.11. The number of nitrogens with one attached hydrogen (secondary N) is 2. The van der Waals surface area contributed by atoms with Crippen LogP contribution in [0.3, 0.4) is 0 Å². The summed E-state index contributed by atoms with van der Waals surface area (Å²) >= 11 is 0. The normalized spacial score (nSPS) is 15.9. The molecule has 2 rings (SSSR count). The Morgan fingerprint density at radius 1 is 1.19 bits per heavy atom. The first-order valence-corrected chi connectivity index (χ1v) is 10.6. The van der Waals surface area contributed by atoms with Gasteiger partial charge in [-0.05, 0) is 25.5 Å². The van der Waals surface area contributed by atoms with Crippen molar-refractivity contribution in [3.8, 4) is 0 Å². The average molecular weight is 403 g/mol. The van der Waals surface area contributed by atoms with Gasteiger partial charge in [0.2, 0.25) is 10.0 Å². The summed E-state index contributed by atoms with van der Waals surface area (Å²) in [6, 6.07) is 3.47. The molecule has 1 aliphatic rings. The van der Waals surface area contributed by atoms with Crippen LogP contribution in [0.1, 0.15) is 13.3 Å². The number of halogens is 2. The van der Waals surface area contributed by atoms with Gasteiger partial charge in [0.1, 0.15) is 11.6 Å². The monoisotopic (exact) mass is 403 g/mol. The van der Waals surface area contributed by atoms with Gasteiger partial charge in [-0.2, -0.15) is 0 Å². The third kappa shape index (κ3) is 6.31. The number of benzene rings is 1. The Balaban J connectivity index is 1.79. The molecule has 27 heavy (non-hydrogen) atoms. The zero-order chi connectivity index (χ0) is 19.9. The van der Waals surface area contributed by atoms with E-state index < -0.39 is 21.7 Å². The van der Waals surface area contributed by atoms with Crippen LogP contribution in [0.5, 0.6) is 0 Å². The van der Waals surface area contributed by atoms with Crippen molar-refractivity contribution >= 4 is 21.7 Å². The van der Waals surface area contributed by atoms with Crippen molar-refractivity contribution in [3.05, 3.63) is 29.8 Å². The molecule has 1 heterocycles. The van der Waals surface area contributed by atoms with Crippen molar-refractivity contribution in [1.29, 1.82) is 0 Å². The van der Waals surface area contributed by atoms with Gasteiger partial charge in [0.05, 0.1) is 11.4 Å². The van der Waals surface area contributed by atoms with Gasteiger partial charge in [-0.15, -0.1) is 0 Å². The van der Waals surface area contributed by atoms with Crippen LogP contribution in [0.4, 0.5) is 14.5 Å². The number of anilines is 1. The first-order valence-electron chi connectivity index (χ1n) is 8.99. The Labute approximate surface area is 159 Å². The lowest BCUT2D eigenvalue weighted by Gasteiger charge is -2.37. The number of sulfonamides is 1. The fourth-order valence-electron chi connectivity index (χ4n) is 2.84. The first kappa shape index (κ1) is 21.4. The van der Waals surface area contributed by atoms with E-state index in [-0.39, 0.29) is 11.4 Å². The predicted molar refractivity (Wildman–Crippen MR) is 104 cm³/mol. The number of hydrogen-bond donors (Lipinski definition) is 2. The Kier molecular flexibility index (Phi) is 7.78. The number of nitrogens with zero attached hydrogens (tertiary/aromatic N) is 3. The summed E-state index contributed by atoms with van der Waals surface area (Å²) in [6.07, 6.45) is 0.632. The van der Waals surface area contributed by atoms with E-state index in [1.807, 2.05) is 9.80 Å². The van der Waals surface area contributed by atoms with E-state index in [1.54, 1.807) is 14.0 Å². The molecular weight excluding hydrogens is 376 g/mol. The second-order valence-corrected chi connectivity index (χ2v) is 8.29. The Hall–Kier alpha value is -1.94. The quantitative estimate of drug-likeness (QED) is 0.403. The molecular formula is C17H27F2N5O2S. The summed E-state index contributed by atoms with van der Waals surface area (Å²) in [5, 5.41) is 3.21. The fraction of sp³-hybridized carbons (Fsp3) is 0.588. The highest BCUT2D eigenvalue weighted by Crippen LogP contribution is 2.21. The zero-order valence-electron chi connectivity index (χ0n) is 15.7. The summed E-state index contributed by atoms with van der Waals surface area (Å²) in [5.74, 6) is -0.0993. The second-order valence-electron chi connectivity index (χ2n) is 6.20. The number of guanidine groups is 1. The van der Waals surface area contributed by atoms with Crippen LogP contribution in [0.15, 0.2) is 23.2 Å². The van der Waals surface area contributed by atoms with E-state index in [0.29, 0.717) is 51.6 Å². The van der Waals surface area contributed by atoms with Crippen molar-refractivity contribution < 1.29 is 17.2 Å². The highest BCUT2D eigenvalue weighted by atomic mass is 32.2. The van der Waals surface area contributed by atoms with E-state index in [1.165, 1.54) is 6.07 Å². The molecule has 0 bridgehead atoms. The molecule has 0 unspecified atom stereocenters. The maximum atomic E-state index is 13.9. The molecule has 1 aromatic rings. The molecule has 1 aromatic carbocycles. The van der Waals surface area contributed by atoms with Gasteiger partial charge >= 0.3 is 0 Å². The minimum absolute atomic E-state index is 0.0677. The van der Waals surface area contributed by atoms with Crippen LogP contribution in [-0.2, 0) is 10.0 Å². The average Bonchev–Trinajstić information content (AvgIpc) is 2.67. The third-order valence-electron chi connectivity index (χ3n) is 4.38. The molecule has 0 radical (unpaired) electrons. The SMILES string of the molecule is CCS(=O)(=O)NCCCNC(=NC)N1CCN(c2cc(F)ccc2F)CC1. The zero-order valence-corrected chi connectivity index (χ0v) is 16.5. The van der Waals surface area contributed by atoms with Crippen LogP contribution >= 0.6 is 0 Å². The first-order chi connectivity index (χ1) is 12.9. The third-order valence-corrected chi connectivity index (χ3v) is 5.78. The lowest BCUT2D eigenvalue weighted by atomic mass is 10.2. The molecule has 1 saturated heterocycles. The Morgan fingerprint density at radius 3 is 2.52 bits per heavy atom. The number of hydrogen-bond acceptors (Lipinski definition) is 4. The van der Waals surface area contributed by atoms with Gasteiger partial charge in [-0.1, -0.05) is 0 Å². The van der Waals surface area contributed by atoms with Crippen LogP contribution in [-0.4, -0.2) is 71.3 Å². The van der Waals surface area contributed by atoms with Crippen molar-refractivity contribution in [1.82, 2.24) is 14.9 Å². The van der Waals surface area contributed by atoms with E-state index in [9.17, 15) is 17.2 Å². The molecule has 0 saturated carbocycles. The molecule has 0 aliphatic carbocycles. The second kappa shape index (κ2) is 9.84. The maximum absolute atomic E-state index is 13.9. The van der Waals surface area contributed by atoms with Gasteiger partial charge in [-0.3, -0.25) is 4.99 Å². The standard InChI is InChI=1S/C17H27F2N5O2S/c1-3-27(25,26)22-8-4-7-21-17(20-2)24-11-9-23(10-12-24)16-13-14(18)5-6-15(16)19/h5-6,13,22H,3-4,7-12H2,1-2H3,(H,20,21). The van der Waals surface area contributed by atoms with Crippen molar-refractivity contribution in [2.75, 3.05) is 57.0 Å². The topological polar surface area (TPSA) is 77.0 Å². The molecule has 0 aromatic heterocycles. The van der Waals surface area contributed by atoms with Crippen LogP contribution < -0.4 is 14.9 Å². The summed E-state index contributed by atoms with van der Waals surface area (Å²) < 4.78 is 52.6. The Bertz CT molecular complexity index is 750. The molecule has 152 valence electrons. The van der Waals surface area contributed by atoms with E-state index in [0.717, 1.165) is 12.1 Å². The molecule has 10 heteroatoms. The van der Waals surface area contributed by atoms with Gasteiger partial charge in [0, 0.05) is 52.4 Å². The lowest BCUT2D eigenvalue weighted by molar-refractivity contribution is 0.370. The number of piperazine rings is 1. The highest BCUT2D eigenvalue weighted by Gasteiger charge is 2.21. The van der Waals surface area contributed by atoms with Crippen LogP contribution in [0.2, 0.25) is 0 Å². The van der Waals surface area contributed by atoms with Gasteiger partial charge < -0.3 is 15.1 Å². The maximum Gasteiger partial charge on any atom is 0.211 e. The van der Waals surface area contributed by atoms with Crippen molar-refractivity contribution in [2.24, 2.45) is 4.99 Å². The van der Waals surface area contributed by atoms with Crippen LogP contribution in [0.25, 0.3) is 0 Å². The molecule has 0 atom stereocenters. The number of rotatable bonds is 7. The van der Waals surface area contributed by atoms with Crippen LogP contribution in [0, 0.1) is 11.6 Å². The predicted octanol–water partition coefficient (Wildman–Crippen LogP) is 0.992. The fourth-order valence-corrected chi connectivity index (χ4v) is 3.50.